The molecule has 0 aromatic carbocycles. The van der Waals surface area contributed by atoms with Crippen molar-refractivity contribution in [3.63, 3.8) is 0 Å². The van der Waals surface area contributed by atoms with Gasteiger partial charge in [0.2, 0.25) is 17.7 Å². The Bertz CT molecular complexity index is 703. The molecule has 3 atom stereocenters. The van der Waals surface area contributed by atoms with Crippen LogP contribution in [0.1, 0.15) is 118 Å². The molecule has 0 spiro atoms. The van der Waals surface area contributed by atoms with Gasteiger partial charge in [-0.25, -0.2) is 0 Å². The van der Waals surface area contributed by atoms with Gasteiger partial charge in [-0.3, -0.25) is 19.3 Å². The van der Waals surface area contributed by atoms with Crippen LogP contribution in [0.5, 0.6) is 0 Å². The number of carbonyl (C=O) groups excluding carboxylic acids is 4. The fraction of sp³-hybridized carbons (Fsp3) is 0.857. The highest BCUT2D eigenvalue weighted by Crippen LogP contribution is 2.46. The highest BCUT2D eigenvalue weighted by molar-refractivity contribution is 8.02. The molecule has 1 saturated carbocycles. The van der Waals surface area contributed by atoms with Gasteiger partial charge >= 0.3 is 0 Å². The summed E-state index contributed by atoms with van der Waals surface area (Å²) in [6.07, 6.45) is 14.9. The molecule has 0 bridgehead atoms. The Morgan fingerprint density at radius 1 is 1.09 bits per heavy atom. The zero-order valence-electron chi connectivity index (χ0n) is 22.5. The molecule has 3 amide bonds. The first-order chi connectivity index (χ1) is 16.7. The summed E-state index contributed by atoms with van der Waals surface area (Å²) in [6.45, 7) is 8.78. The number of nitrogens with one attached hydrogen (secondary N) is 1. The van der Waals surface area contributed by atoms with Gasteiger partial charge in [0.05, 0.1) is 11.3 Å². The molecule has 1 saturated heterocycles. The minimum absolute atomic E-state index is 0.0220. The quantitative estimate of drug-likeness (QED) is 0.197. The standard InChI is InChI=1S/C28H48N2O4S/c1-5-28(4,22-15-11-8-6-7-9-12-16-22)35-24-19-26(33)30(27(24)34)18-14-10-13-17-25(32)29-23(20-31)21(2)3/h20-24H,5-19H2,1-4H3,(H,29,32). The van der Waals surface area contributed by atoms with Crippen molar-refractivity contribution < 1.29 is 19.2 Å². The summed E-state index contributed by atoms with van der Waals surface area (Å²) in [5, 5.41) is 2.49. The molecule has 6 nitrogen and oxygen atoms in total. The monoisotopic (exact) mass is 508 g/mol. The van der Waals surface area contributed by atoms with Crippen molar-refractivity contribution in [2.75, 3.05) is 6.54 Å². The Morgan fingerprint density at radius 3 is 2.29 bits per heavy atom. The van der Waals surface area contributed by atoms with Crippen LogP contribution >= 0.6 is 11.8 Å². The summed E-state index contributed by atoms with van der Waals surface area (Å²) >= 11 is 1.76. The van der Waals surface area contributed by atoms with E-state index in [1.807, 2.05) is 13.8 Å². The Labute approximate surface area is 217 Å². The first-order valence-corrected chi connectivity index (χ1v) is 14.9. The van der Waals surface area contributed by atoms with Gasteiger partial charge in [0.1, 0.15) is 6.29 Å². The van der Waals surface area contributed by atoms with E-state index in [9.17, 15) is 19.2 Å². The van der Waals surface area contributed by atoms with Gasteiger partial charge in [-0.05, 0) is 43.9 Å². The summed E-state index contributed by atoms with van der Waals surface area (Å²) in [7, 11) is 0. The van der Waals surface area contributed by atoms with Crippen LogP contribution in [-0.4, -0.2) is 51.5 Å². The van der Waals surface area contributed by atoms with Gasteiger partial charge in [0, 0.05) is 24.1 Å². The smallest absolute Gasteiger partial charge is 0.242 e. The van der Waals surface area contributed by atoms with E-state index >= 15 is 0 Å². The Balaban J connectivity index is 1.80. The van der Waals surface area contributed by atoms with Crippen molar-refractivity contribution in [2.24, 2.45) is 11.8 Å². The normalized spacial score (nSPS) is 22.9. The number of imide groups is 1. The lowest BCUT2D eigenvalue weighted by Crippen LogP contribution is -2.39. The number of hydrogen-bond acceptors (Lipinski definition) is 5. The number of hydrogen-bond donors (Lipinski definition) is 1. The summed E-state index contributed by atoms with van der Waals surface area (Å²) in [4.78, 5) is 50.4. The first kappa shape index (κ1) is 29.9. The van der Waals surface area contributed by atoms with Gasteiger partial charge in [-0.2, -0.15) is 0 Å². The molecule has 1 heterocycles. The van der Waals surface area contributed by atoms with Crippen LogP contribution in [0.25, 0.3) is 0 Å². The van der Waals surface area contributed by atoms with Crippen molar-refractivity contribution in [1.29, 1.82) is 0 Å². The summed E-state index contributed by atoms with van der Waals surface area (Å²) in [6, 6.07) is -0.447. The molecule has 2 rings (SSSR count). The molecule has 0 aromatic heterocycles. The van der Waals surface area contributed by atoms with Crippen LogP contribution in [-0.2, 0) is 19.2 Å². The lowest BCUT2D eigenvalue weighted by atomic mass is 9.83. The lowest BCUT2D eigenvalue weighted by Gasteiger charge is -2.38. The Kier molecular flexibility index (Phi) is 12.8. The average molecular weight is 509 g/mol. The number of carbonyl (C=O) groups is 4. The molecule has 35 heavy (non-hydrogen) atoms. The third-order valence-corrected chi connectivity index (χ3v) is 9.83. The highest BCUT2D eigenvalue weighted by Gasteiger charge is 2.44. The topological polar surface area (TPSA) is 83.6 Å². The third kappa shape index (κ3) is 9.22. The van der Waals surface area contributed by atoms with Crippen molar-refractivity contribution in [2.45, 2.75) is 134 Å². The van der Waals surface area contributed by atoms with Crippen LogP contribution in [0.2, 0.25) is 0 Å². The van der Waals surface area contributed by atoms with Crippen molar-refractivity contribution in [1.82, 2.24) is 10.2 Å². The average Bonchev–Trinajstić information content (AvgIpc) is 3.17. The second kappa shape index (κ2) is 15.0. The number of likely N-dealkylation sites (tertiary alicyclic amines) is 1. The zero-order chi connectivity index (χ0) is 25.8. The van der Waals surface area contributed by atoms with Crippen LogP contribution < -0.4 is 5.32 Å². The molecule has 1 N–H and O–H groups in total. The van der Waals surface area contributed by atoms with Crippen molar-refractivity contribution >= 4 is 35.8 Å². The van der Waals surface area contributed by atoms with E-state index in [0.29, 0.717) is 38.1 Å². The molecule has 200 valence electrons. The zero-order valence-corrected chi connectivity index (χ0v) is 23.3. The van der Waals surface area contributed by atoms with Crippen LogP contribution in [0, 0.1) is 11.8 Å². The van der Waals surface area contributed by atoms with Crippen molar-refractivity contribution in [3.05, 3.63) is 0 Å². The van der Waals surface area contributed by atoms with Gasteiger partial charge in [-0.1, -0.05) is 72.6 Å². The highest BCUT2D eigenvalue weighted by atomic mass is 32.2. The van der Waals surface area contributed by atoms with Gasteiger partial charge < -0.3 is 10.1 Å². The maximum absolute atomic E-state index is 13.1. The van der Waals surface area contributed by atoms with E-state index in [0.717, 1.165) is 19.1 Å². The number of nitrogens with zero attached hydrogens (tertiary/aromatic N) is 1. The Morgan fingerprint density at radius 2 is 1.71 bits per heavy atom. The van der Waals surface area contributed by atoms with Crippen LogP contribution in [0.3, 0.4) is 0 Å². The molecule has 2 fully saturated rings. The van der Waals surface area contributed by atoms with Gasteiger partial charge in [0.15, 0.2) is 0 Å². The number of rotatable bonds is 13. The predicted octanol–water partition coefficient (Wildman–Crippen LogP) is 5.67. The fourth-order valence-corrected chi connectivity index (χ4v) is 7.06. The van der Waals surface area contributed by atoms with Crippen molar-refractivity contribution in [3.8, 4) is 0 Å². The minimum Gasteiger partial charge on any atom is -0.346 e. The second-order valence-corrected chi connectivity index (χ2v) is 12.8. The minimum atomic E-state index is -0.447. The molecule has 3 unspecified atom stereocenters. The van der Waals surface area contributed by atoms with E-state index in [1.165, 1.54) is 56.3 Å². The third-order valence-electron chi connectivity index (χ3n) is 8.01. The predicted molar refractivity (Wildman–Crippen MR) is 143 cm³/mol. The molecule has 1 aliphatic carbocycles. The molecule has 1 aliphatic heterocycles. The molecule has 0 aromatic rings. The van der Waals surface area contributed by atoms with E-state index in [2.05, 4.69) is 19.2 Å². The summed E-state index contributed by atoms with van der Waals surface area (Å²) in [5.74, 6) is 0.480. The molecule has 2 aliphatic rings. The van der Waals surface area contributed by atoms with E-state index in [4.69, 9.17) is 0 Å². The van der Waals surface area contributed by atoms with Crippen LogP contribution in [0.4, 0.5) is 0 Å². The Hall–Kier alpha value is -1.37. The maximum Gasteiger partial charge on any atom is 0.242 e. The second-order valence-electron chi connectivity index (χ2n) is 11.0. The lowest BCUT2D eigenvalue weighted by molar-refractivity contribution is -0.138. The number of thioether (sulfide) groups is 1. The molecule has 7 heteroatoms. The number of unbranched alkanes of at least 4 members (excludes halogenated alkanes) is 2. The summed E-state index contributed by atoms with van der Waals surface area (Å²) in [5.41, 5.74) is 0. The van der Waals surface area contributed by atoms with Gasteiger partial charge in [-0.15, -0.1) is 11.8 Å². The number of aldehydes is 1. The largest absolute Gasteiger partial charge is 0.346 e. The van der Waals surface area contributed by atoms with Gasteiger partial charge in [0.25, 0.3) is 0 Å². The SMILES string of the molecule is CCC(C)(SC1CC(=O)N(CCCCCC(=O)NC(C=O)C(C)C)C1=O)C1CCCCCCCC1. The fourth-order valence-electron chi connectivity index (χ4n) is 5.36. The van der Waals surface area contributed by atoms with Crippen LogP contribution in [0.15, 0.2) is 0 Å². The summed E-state index contributed by atoms with van der Waals surface area (Å²) < 4.78 is 0.0314. The van der Waals surface area contributed by atoms with E-state index in [-0.39, 0.29) is 33.6 Å². The first-order valence-electron chi connectivity index (χ1n) is 14.0. The van der Waals surface area contributed by atoms with E-state index in [1.54, 1.807) is 11.8 Å². The molecule has 0 radical (unpaired) electrons. The molecular weight excluding hydrogens is 460 g/mol. The number of amides is 3. The van der Waals surface area contributed by atoms with E-state index < -0.39 is 6.04 Å². The molecular formula is C28H48N2O4S. The maximum atomic E-state index is 13.1.